The second-order valence-corrected chi connectivity index (χ2v) is 2.44. The van der Waals surface area contributed by atoms with Crippen LogP contribution in [0, 0.1) is 0 Å². The summed E-state index contributed by atoms with van der Waals surface area (Å²) in [4.78, 5) is 0.197. The third-order valence-corrected chi connectivity index (χ3v) is 1.59. The molecule has 2 atom stereocenters. The molecule has 1 fully saturated rings. The van der Waals surface area contributed by atoms with Gasteiger partial charge in [-0.3, -0.25) is 0 Å². The van der Waals surface area contributed by atoms with Crippen LogP contribution in [0.4, 0.5) is 4.39 Å². The van der Waals surface area contributed by atoms with Crippen LogP contribution in [0.1, 0.15) is 6.42 Å². The summed E-state index contributed by atoms with van der Waals surface area (Å²) in [7, 11) is 0. The van der Waals surface area contributed by atoms with Crippen molar-refractivity contribution in [2.24, 2.45) is 0 Å². The van der Waals surface area contributed by atoms with Crippen LogP contribution in [-0.2, 0) is 0 Å². The molecule has 0 radical (unpaired) electrons. The number of alkyl halides is 2. The minimum absolute atomic E-state index is 0.197. The van der Waals surface area contributed by atoms with Crippen molar-refractivity contribution < 1.29 is 4.39 Å². The van der Waals surface area contributed by atoms with Gasteiger partial charge in [0, 0.05) is 4.83 Å². The van der Waals surface area contributed by atoms with E-state index >= 15 is 0 Å². The highest BCUT2D eigenvalue weighted by atomic mass is 79.9. The molecule has 0 aromatic rings. The summed E-state index contributed by atoms with van der Waals surface area (Å²) in [6, 6.07) is 0. The van der Waals surface area contributed by atoms with Crippen LogP contribution in [0.25, 0.3) is 0 Å². The molecule has 1 saturated carbocycles. The quantitative estimate of drug-likeness (QED) is 0.446. The van der Waals surface area contributed by atoms with Gasteiger partial charge in [0.05, 0.1) is 0 Å². The Kier molecular flexibility index (Phi) is 0.671. The molecule has 0 bridgehead atoms. The van der Waals surface area contributed by atoms with Gasteiger partial charge in [-0.2, -0.15) is 0 Å². The topological polar surface area (TPSA) is 0 Å². The van der Waals surface area contributed by atoms with E-state index in [2.05, 4.69) is 15.9 Å². The summed E-state index contributed by atoms with van der Waals surface area (Å²) in [5.74, 6) is 0. The minimum Gasteiger partial charge on any atom is -0.246 e. The Balaban J connectivity index is 2.20. The molecule has 2 heteroatoms. The Morgan fingerprint density at radius 2 is 2.00 bits per heavy atom. The molecule has 1 aliphatic carbocycles. The lowest BCUT2D eigenvalue weighted by atomic mass is 10.9. The first kappa shape index (κ1) is 3.59. The Bertz CT molecular complexity index is 40.2. The average Bonchev–Trinajstić information content (AvgIpc) is 1.79. The predicted molar refractivity (Wildman–Crippen MR) is 22.2 cm³/mol. The largest absolute Gasteiger partial charge is 0.246 e. The molecule has 0 aromatic carbocycles. The van der Waals surface area contributed by atoms with Crippen molar-refractivity contribution in [2.75, 3.05) is 0 Å². The van der Waals surface area contributed by atoms with Gasteiger partial charge < -0.3 is 0 Å². The first-order chi connectivity index (χ1) is 2.30. The molecule has 0 unspecified atom stereocenters. The Morgan fingerprint density at radius 1 is 1.80 bits per heavy atom. The van der Waals surface area contributed by atoms with E-state index in [0.717, 1.165) is 6.42 Å². The van der Waals surface area contributed by atoms with Gasteiger partial charge >= 0.3 is 0 Å². The Hall–Kier alpha value is 0.410. The fourth-order valence-corrected chi connectivity index (χ4v) is 0.494. The lowest BCUT2D eigenvalue weighted by molar-refractivity contribution is 0.483. The van der Waals surface area contributed by atoms with Gasteiger partial charge in [-0.05, 0) is 6.42 Å². The van der Waals surface area contributed by atoms with Crippen molar-refractivity contribution in [1.29, 1.82) is 0 Å². The van der Waals surface area contributed by atoms with E-state index in [1.807, 2.05) is 0 Å². The average molecular weight is 139 g/mol. The van der Waals surface area contributed by atoms with Crippen LogP contribution in [0.15, 0.2) is 0 Å². The van der Waals surface area contributed by atoms with Gasteiger partial charge in [-0.25, -0.2) is 4.39 Å². The van der Waals surface area contributed by atoms with Gasteiger partial charge in [0.1, 0.15) is 6.17 Å². The monoisotopic (exact) mass is 138 g/mol. The van der Waals surface area contributed by atoms with E-state index in [9.17, 15) is 4.39 Å². The maximum Gasteiger partial charge on any atom is 0.114 e. The zero-order chi connectivity index (χ0) is 3.86. The number of rotatable bonds is 0. The van der Waals surface area contributed by atoms with Crippen LogP contribution in [-0.4, -0.2) is 11.0 Å². The molecule has 0 nitrogen and oxygen atoms in total. The SMILES string of the molecule is F[C@H]1C[C@H]1Br. The molecule has 0 N–H and O–H groups in total. The fraction of sp³-hybridized carbons (Fsp3) is 1.00. The van der Waals surface area contributed by atoms with Crippen LogP contribution in [0.2, 0.25) is 0 Å². The van der Waals surface area contributed by atoms with E-state index in [1.54, 1.807) is 0 Å². The van der Waals surface area contributed by atoms with Crippen LogP contribution in [0.5, 0.6) is 0 Å². The van der Waals surface area contributed by atoms with E-state index < -0.39 is 6.17 Å². The molecule has 0 heterocycles. The van der Waals surface area contributed by atoms with Gasteiger partial charge in [0.15, 0.2) is 0 Å². The predicted octanol–water partition coefficient (Wildman–Crippen LogP) is 1.49. The summed E-state index contributed by atoms with van der Waals surface area (Å²) >= 11 is 3.07. The van der Waals surface area contributed by atoms with Crippen LogP contribution < -0.4 is 0 Å². The minimum atomic E-state index is -0.532. The Labute approximate surface area is 38.5 Å². The molecule has 5 heavy (non-hydrogen) atoms. The Morgan fingerprint density at radius 3 is 2.00 bits per heavy atom. The standard InChI is InChI=1S/C3H4BrF/c4-2-1-3(2)5/h2-3H,1H2/t2-,3+/m1/s1. The summed E-state index contributed by atoms with van der Waals surface area (Å²) < 4.78 is 11.5. The number of hydrogen-bond acceptors (Lipinski definition) is 0. The van der Waals surface area contributed by atoms with Crippen molar-refractivity contribution in [1.82, 2.24) is 0 Å². The summed E-state index contributed by atoms with van der Waals surface area (Å²) in [5.41, 5.74) is 0. The molecule has 0 amide bonds. The van der Waals surface area contributed by atoms with Crippen molar-refractivity contribution in [3.8, 4) is 0 Å². The molecular weight excluding hydrogens is 135 g/mol. The maximum atomic E-state index is 11.5. The number of halogens is 2. The lowest BCUT2D eigenvalue weighted by Gasteiger charge is -1.61. The van der Waals surface area contributed by atoms with Gasteiger partial charge in [0.2, 0.25) is 0 Å². The maximum absolute atomic E-state index is 11.5. The number of hydrogen-bond donors (Lipinski definition) is 0. The molecule has 1 aliphatic rings. The molecule has 0 aromatic heterocycles. The highest BCUT2D eigenvalue weighted by molar-refractivity contribution is 9.09. The highest BCUT2D eigenvalue weighted by Gasteiger charge is 2.34. The molecule has 0 aliphatic heterocycles. The van der Waals surface area contributed by atoms with Gasteiger partial charge in [0.25, 0.3) is 0 Å². The molecule has 1 rings (SSSR count). The zero-order valence-electron chi connectivity index (χ0n) is 2.62. The fourth-order valence-electron chi connectivity index (χ4n) is 0.137. The lowest BCUT2D eigenvalue weighted by Crippen LogP contribution is -1.65. The normalized spacial score (nSPS) is 49.2. The van der Waals surface area contributed by atoms with E-state index in [0.29, 0.717) is 0 Å². The van der Waals surface area contributed by atoms with E-state index in [-0.39, 0.29) is 4.83 Å². The summed E-state index contributed by atoms with van der Waals surface area (Å²) in [6.45, 7) is 0. The second kappa shape index (κ2) is 0.934. The second-order valence-electron chi connectivity index (χ2n) is 1.27. The van der Waals surface area contributed by atoms with Crippen LogP contribution in [0.3, 0.4) is 0 Å². The molecular formula is C3H4BrF. The van der Waals surface area contributed by atoms with E-state index in [1.165, 1.54) is 0 Å². The zero-order valence-corrected chi connectivity index (χ0v) is 4.20. The van der Waals surface area contributed by atoms with E-state index in [4.69, 9.17) is 0 Å². The highest BCUT2D eigenvalue weighted by Crippen LogP contribution is 2.32. The molecule has 0 saturated heterocycles. The first-order valence-electron chi connectivity index (χ1n) is 1.59. The third kappa shape index (κ3) is 0.623. The summed E-state index contributed by atoms with van der Waals surface area (Å²) in [6.07, 6.45) is 0.190. The smallest absolute Gasteiger partial charge is 0.114 e. The van der Waals surface area contributed by atoms with Gasteiger partial charge in [-0.15, -0.1) is 0 Å². The third-order valence-electron chi connectivity index (χ3n) is 0.640. The van der Waals surface area contributed by atoms with Crippen molar-refractivity contribution in [3.05, 3.63) is 0 Å². The summed E-state index contributed by atoms with van der Waals surface area (Å²) in [5, 5.41) is 0. The molecule has 30 valence electrons. The molecule has 0 spiro atoms. The van der Waals surface area contributed by atoms with Crippen molar-refractivity contribution in [3.63, 3.8) is 0 Å². The van der Waals surface area contributed by atoms with Gasteiger partial charge in [-0.1, -0.05) is 15.9 Å². The van der Waals surface area contributed by atoms with Crippen molar-refractivity contribution in [2.45, 2.75) is 17.4 Å². The van der Waals surface area contributed by atoms with Crippen LogP contribution >= 0.6 is 15.9 Å². The van der Waals surface area contributed by atoms with Crippen molar-refractivity contribution >= 4 is 15.9 Å². The first-order valence-corrected chi connectivity index (χ1v) is 2.50.